The zero-order chi connectivity index (χ0) is 64.7. The van der Waals surface area contributed by atoms with E-state index in [4.69, 9.17) is 146 Å². The van der Waals surface area contributed by atoms with E-state index in [0.717, 1.165) is 83.2 Å². The van der Waals surface area contributed by atoms with Crippen molar-refractivity contribution in [2.75, 3.05) is 187 Å². The smallest absolute Gasteiger partial charge is 0.168 e. The van der Waals surface area contributed by atoms with Crippen LogP contribution in [0.2, 0.25) is 0 Å². The number of aliphatic hydroxyl groups excluding tert-OH is 5. The van der Waals surface area contributed by atoms with Gasteiger partial charge in [0.15, 0.2) is 29.9 Å². The lowest BCUT2D eigenvalue weighted by Gasteiger charge is -2.15. The van der Waals surface area contributed by atoms with Crippen molar-refractivity contribution in [2.24, 2.45) is 68.8 Å². The molecule has 0 aromatic heterocycles. The van der Waals surface area contributed by atoms with Crippen LogP contribution in [0.1, 0.15) is 72.3 Å². The van der Waals surface area contributed by atoms with Crippen molar-refractivity contribution in [1.29, 1.82) is 0 Å². The summed E-state index contributed by atoms with van der Waals surface area (Å²) >= 11 is 0. The summed E-state index contributed by atoms with van der Waals surface area (Å²) in [7, 11) is 9.68. The van der Waals surface area contributed by atoms with Gasteiger partial charge in [0.1, 0.15) is 0 Å². The van der Waals surface area contributed by atoms with Crippen LogP contribution in [0.4, 0.5) is 0 Å². The number of hydrogen-bond donors (Lipinski definition) is 17. The second kappa shape index (κ2) is 80.8. The second-order valence-corrected chi connectivity index (χ2v) is 17.2. The minimum absolute atomic E-state index is 0.0139. The summed E-state index contributed by atoms with van der Waals surface area (Å²) in [6.45, 7) is 21.3. The Balaban J connectivity index is -0.000000123. The van der Waals surface area contributed by atoms with Crippen LogP contribution in [0.5, 0.6) is 11.5 Å². The molecule has 29 N–H and O–H groups in total. The van der Waals surface area contributed by atoms with Gasteiger partial charge in [0.25, 0.3) is 0 Å². The van der Waals surface area contributed by atoms with Crippen molar-refractivity contribution in [3.63, 3.8) is 0 Å². The van der Waals surface area contributed by atoms with Crippen molar-refractivity contribution in [2.45, 2.75) is 122 Å². The molecule has 1 aromatic rings. The van der Waals surface area contributed by atoms with E-state index in [9.17, 15) is 0 Å². The molecule has 3 saturated heterocycles. The van der Waals surface area contributed by atoms with Gasteiger partial charge in [-0.05, 0) is 111 Å². The maximum absolute atomic E-state index is 8.29. The van der Waals surface area contributed by atoms with E-state index < -0.39 is 11.9 Å². The van der Waals surface area contributed by atoms with Gasteiger partial charge in [-0.1, -0.05) is 6.07 Å². The SMILES string of the molecule is CC1(C)OCC(CN)O1.CCOCCN.COC(CN)OC.COCCCN.COCCN.COc1ccc(CCN)cc1OC.C[C@@H](O)CN.C[C@H](O)CN.NCC(O)CO.NCC1CCCO1.NCCC1OCCO1.NCCCO. The number of hydrogen-bond acceptors (Lipinski definition) is 29. The predicted molar refractivity (Wildman–Crippen MR) is 327 cm³/mol. The topological polar surface area (TPSA) is 524 Å². The van der Waals surface area contributed by atoms with Crippen LogP contribution < -0.4 is 78.3 Å². The first-order valence-corrected chi connectivity index (χ1v) is 27.8. The average Bonchev–Trinajstić information content (AvgIpc) is 4.31. The lowest BCUT2D eigenvalue weighted by atomic mass is 10.1. The molecule has 82 heavy (non-hydrogen) atoms. The van der Waals surface area contributed by atoms with E-state index in [-0.39, 0.29) is 50.7 Å². The Kier molecular flexibility index (Phi) is 94.7. The van der Waals surface area contributed by atoms with Crippen molar-refractivity contribution in [1.82, 2.24) is 0 Å². The lowest BCUT2D eigenvalue weighted by molar-refractivity contribution is -0.137. The molecule has 3 unspecified atom stereocenters. The highest BCUT2D eigenvalue weighted by Crippen LogP contribution is 2.27. The number of rotatable bonds is 25. The Morgan fingerprint density at radius 1 is 0.610 bits per heavy atom. The Bertz CT molecular complexity index is 1210. The van der Waals surface area contributed by atoms with Crippen molar-refractivity contribution in [3.8, 4) is 11.5 Å². The number of ether oxygens (including phenoxy) is 12. The van der Waals surface area contributed by atoms with Crippen LogP contribution in [-0.4, -0.2) is 262 Å². The van der Waals surface area contributed by atoms with Crippen molar-refractivity contribution >= 4 is 0 Å². The van der Waals surface area contributed by atoms with Crippen LogP contribution in [0, 0.1) is 0 Å². The number of aliphatic hydroxyl groups is 5. The van der Waals surface area contributed by atoms with E-state index in [1.807, 2.05) is 39.0 Å². The zero-order valence-electron chi connectivity index (χ0n) is 52.6. The first-order valence-electron chi connectivity index (χ1n) is 27.8. The minimum Gasteiger partial charge on any atom is -0.493 e. The summed E-state index contributed by atoms with van der Waals surface area (Å²) < 4.78 is 59.8. The molecule has 3 aliphatic rings. The van der Waals surface area contributed by atoms with Crippen LogP contribution in [0.15, 0.2) is 18.2 Å². The molecule has 3 aliphatic heterocycles. The van der Waals surface area contributed by atoms with E-state index in [2.05, 4.69) is 4.74 Å². The van der Waals surface area contributed by atoms with Gasteiger partial charge >= 0.3 is 0 Å². The van der Waals surface area contributed by atoms with Crippen LogP contribution >= 0.6 is 0 Å². The van der Waals surface area contributed by atoms with Gasteiger partial charge in [0.05, 0.1) is 84.4 Å². The normalized spacial score (nSPS) is 16.1. The average molecular weight is 1210 g/mol. The third-order valence-corrected chi connectivity index (χ3v) is 9.18. The fourth-order valence-electron chi connectivity index (χ4n) is 4.65. The molecule has 5 atom stereocenters. The highest BCUT2D eigenvalue weighted by molar-refractivity contribution is 5.42. The summed E-state index contributed by atoms with van der Waals surface area (Å²) in [5.74, 6) is 1.10. The molecular formula is C53H128N12O17. The molecule has 3 fully saturated rings. The molecule has 0 aliphatic carbocycles. The molecule has 3 heterocycles. The molecule has 502 valence electrons. The van der Waals surface area contributed by atoms with Gasteiger partial charge in [0.2, 0.25) is 0 Å². The number of nitrogens with two attached hydrogens (primary N) is 12. The molecule has 29 heteroatoms. The molecule has 0 bridgehead atoms. The van der Waals surface area contributed by atoms with E-state index in [1.165, 1.54) is 12.0 Å². The van der Waals surface area contributed by atoms with Gasteiger partial charge in [-0.15, -0.1) is 0 Å². The zero-order valence-corrected chi connectivity index (χ0v) is 52.6. The molecule has 29 nitrogen and oxygen atoms in total. The number of methoxy groups -OCH3 is 6. The van der Waals surface area contributed by atoms with Gasteiger partial charge in [0, 0.05) is 114 Å². The minimum atomic E-state index is -0.731. The van der Waals surface area contributed by atoms with Crippen molar-refractivity contribution < 1.29 is 82.4 Å². The Morgan fingerprint density at radius 3 is 1.34 bits per heavy atom. The van der Waals surface area contributed by atoms with E-state index in [1.54, 1.807) is 56.5 Å². The predicted octanol–water partition coefficient (Wildman–Crippen LogP) is -3.47. The van der Waals surface area contributed by atoms with Crippen LogP contribution in [-0.2, 0) is 53.8 Å². The number of benzene rings is 1. The highest BCUT2D eigenvalue weighted by atomic mass is 16.7. The summed E-state index contributed by atoms with van der Waals surface area (Å²) in [5.41, 5.74) is 62.6. The quantitative estimate of drug-likeness (QED) is 0.0334. The van der Waals surface area contributed by atoms with Crippen molar-refractivity contribution in [3.05, 3.63) is 23.8 Å². The first-order chi connectivity index (χ1) is 39.2. The summed E-state index contributed by atoms with van der Waals surface area (Å²) in [6.07, 6.45) is 4.55. The fourth-order valence-corrected chi connectivity index (χ4v) is 4.65. The largest absolute Gasteiger partial charge is 0.493 e. The van der Waals surface area contributed by atoms with Gasteiger partial charge in [-0.2, -0.15) is 0 Å². The van der Waals surface area contributed by atoms with Gasteiger partial charge < -0.3 is 151 Å². The summed E-state index contributed by atoms with van der Waals surface area (Å²) in [6, 6.07) is 5.84. The molecule has 4 rings (SSSR count). The Hall–Kier alpha value is -2.26. The lowest BCUT2D eigenvalue weighted by Crippen LogP contribution is -2.26. The van der Waals surface area contributed by atoms with Gasteiger partial charge in [-0.3, -0.25) is 0 Å². The Labute approximate surface area is 494 Å². The van der Waals surface area contributed by atoms with Gasteiger partial charge in [-0.25, -0.2) is 0 Å². The maximum atomic E-state index is 8.29. The van der Waals surface area contributed by atoms with Crippen LogP contribution in [0.3, 0.4) is 0 Å². The van der Waals surface area contributed by atoms with Crippen LogP contribution in [0.25, 0.3) is 0 Å². The summed E-state index contributed by atoms with van der Waals surface area (Å²) in [5, 5.41) is 40.8. The molecule has 0 saturated carbocycles. The second-order valence-electron chi connectivity index (χ2n) is 17.2. The standard InChI is InChI=1S/C10H15NO2.C6H13NO2.C5H11NO2.C5H11NO.C4H11NO2.2C4H11NO.C3H9NO2.4C3H9NO/c1-12-9-4-3-8(5-6-11)7-10(9)13-2;1-6(2)8-4-5(3-7)9-6;6-2-1-5-7-3-4-8-5;6-4-5-2-1-3-7-5;1-6-4(3-5)7-2;1-6-4-2-3-5;1-2-6-4-3-5;4-1-3(6)2-5;1-5-3-2-4;2*1-3(5)2-4;4-2-1-3-5/h3-4,7H,5-6,11H2,1-2H3;5H,3-4,7H2,1-2H3;5H,1-4,6H2;5H,1-4,6H2;4H,3,5H2,1-2H3;2*2-5H2,1H3;3,5-6H,1-2,4H2;2-4H2,1H3;2*3,5H,2,4H2,1H3;5H,1-4H2/t;;;;;;;;;2*3-;/m.........10./s1. The molecule has 0 spiro atoms. The van der Waals surface area contributed by atoms with E-state index >= 15 is 0 Å². The summed E-state index contributed by atoms with van der Waals surface area (Å²) in [4.78, 5) is 0. The Morgan fingerprint density at radius 2 is 1.13 bits per heavy atom. The maximum Gasteiger partial charge on any atom is 0.168 e. The highest BCUT2D eigenvalue weighted by Gasteiger charge is 2.31. The monoisotopic (exact) mass is 1200 g/mol. The molecule has 0 amide bonds. The third kappa shape index (κ3) is 84.2. The third-order valence-electron chi connectivity index (χ3n) is 9.18. The van der Waals surface area contributed by atoms with E-state index in [0.29, 0.717) is 91.4 Å². The molecule has 0 radical (unpaired) electrons. The molecule has 1 aromatic carbocycles. The molecular weight excluding hydrogens is 1080 g/mol. The first kappa shape index (κ1) is 96.1. The fraction of sp³-hybridized carbons (Fsp3) is 0.887.